The molecule has 0 aliphatic rings. The van der Waals surface area contributed by atoms with E-state index < -0.39 is 5.82 Å². The topological polar surface area (TPSA) is 35.2 Å². The summed E-state index contributed by atoms with van der Waals surface area (Å²) in [6.07, 6.45) is 0. The predicted octanol–water partition coefficient (Wildman–Crippen LogP) is 4.94. The van der Waals surface area contributed by atoms with E-state index in [1.165, 1.54) is 12.1 Å². The van der Waals surface area contributed by atoms with Gasteiger partial charge in [0.25, 0.3) is 0 Å². The SMILES string of the molecule is CC(N)c1ccc(Oc2ccc(Cl)c(F)c2)cc1Cl. The number of ether oxygens (including phenoxy) is 1. The predicted molar refractivity (Wildman–Crippen MR) is 75.5 cm³/mol. The molecule has 0 aliphatic heterocycles. The summed E-state index contributed by atoms with van der Waals surface area (Å²) in [6, 6.07) is 9.24. The Kier molecular flexibility index (Phi) is 4.30. The highest BCUT2D eigenvalue weighted by Crippen LogP contribution is 2.30. The Labute approximate surface area is 120 Å². The van der Waals surface area contributed by atoms with E-state index >= 15 is 0 Å². The first-order valence-electron chi connectivity index (χ1n) is 5.65. The molecule has 2 aromatic rings. The molecule has 0 bridgehead atoms. The minimum Gasteiger partial charge on any atom is -0.457 e. The fourth-order valence-corrected chi connectivity index (χ4v) is 2.08. The van der Waals surface area contributed by atoms with Crippen LogP contribution in [0.3, 0.4) is 0 Å². The van der Waals surface area contributed by atoms with Gasteiger partial charge in [-0.05, 0) is 36.8 Å². The molecule has 1 unspecified atom stereocenters. The Hall–Kier alpha value is -1.29. The summed E-state index contributed by atoms with van der Waals surface area (Å²) in [6.45, 7) is 1.84. The number of rotatable bonds is 3. The van der Waals surface area contributed by atoms with E-state index in [0.29, 0.717) is 16.5 Å². The molecule has 2 nitrogen and oxygen atoms in total. The molecule has 19 heavy (non-hydrogen) atoms. The third-order valence-electron chi connectivity index (χ3n) is 2.59. The Bertz CT molecular complexity index is 602. The first-order chi connectivity index (χ1) is 8.97. The van der Waals surface area contributed by atoms with Gasteiger partial charge in [-0.3, -0.25) is 0 Å². The zero-order chi connectivity index (χ0) is 14.0. The summed E-state index contributed by atoms with van der Waals surface area (Å²) in [5.41, 5.74) is 6.59. The second kappa shape index (κ2) is 5.78. The first-order valence-corrected chi connectivity index (χ1v) is 6.41. The summed E-state index contributed by atoms with van der Waals surface area (Å²) in [5, 5.41) is 0.569. The van der Waals surface area contributed by atoms with Crippen LogP contribution < -0.4 is 10.5 Å². The van der Waals surface area contributed by atoms with E-state index in [9.17, 15) is 4.39 Å². The molecule has 0 amide bonds. The summed E-state index contributed by atoms with van der Waals surface area (Å²) >= 11 is 11.7. The molecule has 0 saturated heterocycles. The van der Waals surface area contributed by atoms with Crippen LogP contribution in [0.4, 0.5) is 4.39 Å². The van der Waals surface area contributed by atoms with Crippen molar-refractivity contribution in [2.45, 2.75) is 13.0 Å². The van der Waals surface area contributed by atoms with Gasteiger partial charge in [0.2, 0.25) is 0 Å². The van der Waals surface area contributed by atoms with Gasteiger partial charge in [-0.1, -0.05) is 29.3 Å². The molecule has 2 N–H and O–H groups in total. The zero-order valence-electron chi connectivity index (χ0n) is 10.2. The van der Waals surface area contributed by atoms with Crippen LogP contribution in [0.2, 0.25) is 10.0 Å². The highest BCUT2D eigenvalue weighted by atomic mass is 35.5. The maximum atomic E-state index is 13.3. The van der Waals surface area contributed by atoms with E-state index in [1.807, 2.05) is 6.92 Å². The minimum absolute atomic E-state index is 0.0534. The molecule has 1 atom stereocenters. The van der Waals surface area contributed by atoms with Crippen LogP contribution >= 0.6 is 23.2 Å². The van der Waals surface area contributed by atoms with Crippen molar-refractivity contribution >= 4 is 23.2 Å². The van der Waals surface area contributed by atoms with Crippen molar-refractivity contribution < 1.29 is 9.13 Å². The van der Waals surface area contributed by atoms with Crippen LogP contribution in [0.1, 0.15) is 18.5 Å². The Morgan fingerprint density at radius 3 is 2.26 bits per heavy atom. The van der Waals surface area contributed by atoms with Gasteiger partial charge >= 0.3 is 0 Å². The number of halogens is 3. The monoisotopic (exact) mass is 299 g/mol. The minimum atomic E-state index is -0.530. The molecule has 2 aromatic carbocycles. The molecule has 0 aromatic heterocycles. The molecule has 0 fully saturated rings. The van der Waals surface area contributed by atoms with Crippen molar-refractivity contribution in [1.29, 1.82) is 0 Å². The fourth-order valence-electron chi connectivity index (χ4n) is 1.62. The van der Waals surface area contributed by atoms with E-state index in [1.54, 1.807) is 24.3 Å². The van der Waals surface area contributed by atoms with Gasteiger partial charge in [-0.25, -0.2) is 4.39 Å². The smallest absolute Gasteiger partial charge is 0.145 e. The summed E-state index contributed by atoms with van der Waals surface area (Å²) < 4.78 is 18.8. The average Bonchev–Trinajstić information content (AvgIpc) is 2.33. The van der Waals surface area contributed by atoms with Crippen molar-refractivity contribution in [2.24, 2.45) is 5.73 Å². The maximum Gasteiger partial charge on any atom is 0.145 e. The van der Waals surface area contributed by atoms with Gasteiger partial charge in [-0.2, -0.15) is 0 Å². The van der Waals surface area contributed by atoms with E-state index in [0.717, 1.165) is 5.56 Å². The van der Waals surface area contributed by atoms with Crippen molar-refractivity contribution in [1.82, 2.24) is 0 Å². The van der Waals surface area contributed by atoms with Crippen LogP contribution in [0.5, 0.6) is 11.5 Å². The molecule has 0 saturated carbocycles. The molecular weight excluding hydrogens is 288 g/mol. The molecule has 5 heteroatoms. The third-order valence-corrected chi connectivity index (χ3v) is 3.22. The van der Waals surface area contributed by atoms with Crippen LogP contribution in [0, 0.1) is 5.82 Å². The van der Waals surface area contributed by atoms with Gasteiger partial charge in [-0.15, -0.1) is 0 Å². The highest BCUT2D eigenvalue weighted by molar-refractivity contribution is 6.31. The zero-order valence-corrected chi connectivity index (χ0v) is 11.7. The number of nitrogens with two attached hydrogens (primary N) is 1. The summed E-state index contributed by atoms with van der Waals surface area (Å²) in [5.74, 6) is 0.333. The largest absolute Gasteiger partial charge is 0.457 e. The van der Waals surface area contributed by atoms with Gasteiger partial charge in [0.1, 0.15) is 17.3 Å². The molecule has 0 heterocycles. The fraction of sp³-hybridized carbons (Fsp3) is 0.143. The van der Waals surface area contributed by atoms with Gasteiger partial charge in [0.15, 0.2) is 0 Å². The Balaban J connectivity index is 2.24. The van der Waals surface area contributed by atoms with Gasteiger partial charge in [0, 0.05) is 17.1 Å². The van der Waals surface area contributed by atoms with Crippen LogP contribution in [-0.2, 0) is 0 Å². The molecule has 0 spiro atoms. The lowest BCUT2D eigenvalue weighted by molar-refractivity contribution is 0.476. The van der Waals surface area contributed by atoms with Gasteiger partial charge in [0.05, 0.1) is 5.02 Å². The van der Waals surface area contributed by atoms with E-state index in [2.05, 4.69) is 0 Å². The second-order valence-corrected chi connectivity index (χ2v) is 4.96. The molecule has 2 rings (SSSR count). The lowest BCUT2D eigenvalue weighted by Gasteiger charge is -2.11. The van der Waals surface area contributed by atoms with Crippen LogP contribution in [0.15, 0.2) is 36.4 Å². The summed E-state index contributed by atoms with van der Waals surface area (Å²) in [7, 11) is 0. The number of hydrogen-bond donors (Lipinski definition) is 1. The maximum absolute atomic E-state index is 13.3. The van der Waals surface area contributed by atoms with Crippen LogP contribution in [0.25, 0.3) is 0 Å². The standard InChI is InChI=1S/C14H12Cl2FNO/c1-8(18)11-4-2-9(6-13(11)16)19-10-3-5-12(15)14(17)7-10/h2-8H,18H2,1H3. The first kappa shape index (κ1) is 14.1. The molecular formula is C14H12Cl2FNO. The number of hydrogen-bond acceptors (Lipinski definition) is 2. The van der Waals surface area contributed by atoms with Gasteiger partial charge < -0.3 is 10.5 Å². The van der Waals surface area contributed by atoms with Crippen molar-refractivity contribution in [3.8, 4) is 11.5 Å². The molecule has 100 valence electrons. The van der Waals surface area contributed by atoms with E-state index in [-0.39, 0.29) is 11.1 Å². The Morgan fingerprint density at radius 1 is 1.05 bits per heavy atom. The quantitative estimate of drug-likeness (QED) is 0.871. The summed E-state index contributed by atoms with van der Waals surface area (Å²) in [4.78, 5) is 0. The normalized spacial score (nSPS) is 12.3. The third kappa shape index (κ3) is 3.38. The number of benzene rings is 2. The Morgan fingerprint density at radius 2 is 1.68 bits per heavy atom. The van der Waals surface area contributed by atoms with Crippen molar-refractivity contribution in [3.05, 3.63) is 57.8 Å². The lowest BCUT2D eigenvalue weighted by atomic mass is 10.1. The molecule has 0 radical (unpaired) electrons. The van der Waals surface area contributed by atoms with E-state index in [4.69, 9.17) is 33.7 Å². The van der Waals surface area contributed by atoms with Crippen molar-refractivity contribution in [3.63, 3.8) is 0 Å². The molecule has 0 aliphatic carbocycles. The van der Waals surface area contributed by atoms with Crippen LogP contribution in [-0.4, -0.2) is 0 Å². The van der Waals surface area contributed by atoms with Crippen molar-refractivity contribution in [2.75, 3.05) is 0 Å². The second-order valence-electron chi connectivity index (χ2n) is 4.15. The highest BCUT2D eigenvalue weighted by Gasteiger charge is 2.08. The lowest BCUT2D eigenvalue weighted by Crippen LogP contribution is -2.05. The average molecular weight is 300 g/mol.